The topological polar surface area (TPSA) is 38.7 Å². The van der Waals surface area contributed by atoms with E-state index < -0.39 is 5.60 Å². The molecule has 1 N–H and O–H groups in total. The van der Waals surface area contributed by atoms with E-state index in [0.717, 1.165) is 18.4 Å². The van der Waals surface area contributed by atoms with Crippen LogP contribution in [-0.4, -0.2) is 19.3 Å². The Bertz CT molecular complexity index is 420. The Morgan fingerprint density at radius 3 is 2.28 bits per heavy atom. The average Bonchev–Trinajstić information content (AvgIpc) is 2.33. The predicted molar refractivity (Wildman–Crippen MR) is 71.0 cm³/mol. The van der Waals surface area contributed by atoms with E-state index in [1.165, 1.54) is 0 Å². The standard InChI is InChI=1S/C15H22O3/c1-10(2)11-8-15(16,9-11)12-5-6-13(17-3)14(7-12)18-4/h5-7,10-11,16H,8-9H2,1-4H3. The van der Waals surface area contributed by atoms with Crippen LogP contribution in [-0.2, 0) is 5.60 Å². The maximum Gasteiger partial charge on any atom is 0.161 e. The number of hydrogen-bond acceptors (Lipinski definition) is 3. The van der Waals surface area contributed by atoms with Gasteiger partial charge in [-0.15, -0.1) is 0 Å². The number of ether oxygens (including phenoxy) is 2. The highest BCUT2D eigenvalue weighted by molar-refractivity contribution is 5.45. The largest absolute Gasteiger partial charge is 0.493 e. The lowest BCUT2D eigenvalue weighted by atomic mass is 9.63. The van der Waals surface area contributed by atoms with Crippen molar-refractivity contribution >= 4 is 0 Å². The number of rotatable bonds is 4. The van der Waals surface area contributed by atoms with Gasteiger partial charge in [0.05, 0.1) is 19.8 Å². The summed E-state index contributed by atoms with van der Waals surface area (Å²) in [5, 5.41) is 10.6. The van der Waals surface area contributed by atoms with E-state index in [9.17, 15) is 5.11 Å². The van der Waals surface area contributed by atoms with Gasteiger partial charge < -0.3 is 14.6 Å². The van der Waals surface area contributed by atoms with Gasteiger partial charge in [0, 0.05) is 0 Å². The van der Waals surface area contributed by atoms with Gasteiger partial charge in [0.1, 0.15) is 0 Å². The van der Waals surface area contributed by atoms with E-state index in [0.29, 0.717) is 23.3 Å². The third kappa shape index (κ3) is 2.19. The van der Waals surface area contributed by atoms with Crippen LogP contribution in [0.5, 0.6) is 11.5 Å². The van der Waals surface area contributed by atoms with Crippen LogP contribution in [0.1, 0.15) is 32.3 Å². The molecule has 1 saturated carbocycles. The molecular formula is C15H22O3. The van der Waals surface area contributed by atoms with Crippen LogP contribution in [0.2, 0.25) is 0 Å². The summed E-state index contributed by atoms with van der Waals surface area (Å²) in [6.45, 7) is 4.41. The first-order valence-electron chi connectivity index (χ1n) is 6.45. The summed E-state index contributed by atoms with van der Waals surface area (Å²) in [7, 11) is 3.23. The molecule has 100 valence electrons. The molecule has 1 fully saturated rings. The average molecular weight is 250 g/mol. The second-order valence-corrected chi connectivity index (χ2v) is 5.51. The summed E-state index contributed by atoms with van der Waals surface area (Å²) < 4.78 is 10.5. The lowest BCUT2D eigenvalue weighted by Gasteiger charge is -2.46. The molecule has 0 amide bonds. The molecule has 0 heterocycles. The summed E-state index contributed by atoms with van der Waals surface area (Å²) in [6.07, 6.45) is 1.67. The fourth-order valence-corrected chi connectivity index (χ4v) is 2.64. The Morgan fingerprint density at radius 2 is 1.78 bits per heavy atom. The highest BCUT2D eigenvalue weighted by Crippen LogP contribution is 2.49. The minimum Gasteiger partial charge on any atom is -0.493 e. The van der Waals surface area contributed by atoms with Gasteiger partial charge in [0.15, 0.2) is 11.5 Å². The lowest BCUT2D eigenvalue weighted by Crippen LogP contribution is -2.43. The molecule has 0 saturated heterocycles. The molecule has 0 bridgehead atoms. The van der Waals surface area contributed by atoms with Crippen LogP contribution >= 0.6 is 0 Å². The second kappa shape index (κ2) is 4.81. The summed E-state index contributed by atoms with van der Waals surface area (Å²) >= 11 is 0. The fourth-order valence-electron chi connectivity index (χ4n) is 2.64. The van der Waals surface area contributed by atoms with Crippen molar-refractivity contribution in [3.05, 3.63) is 23.8 Å². The Labute approximate surface area is 109 Å². The quantitative estimate of drug-likeness (QED) is 0.893. The molecular weight excluding hydrogens is 228 g/mol. The summed E-state index contributed by atoms with van der Waals surface area (Å²) in [4.78, 5) is 0. The molecule has 0 aliphatic heterocycles. The third-order valence-electron chi connectivity index (χ3n) is 4.06. The number of aliphatic hydroxyl groups is 1. The van der Waals surface area contributed by atoms with Crippen LogP contribution in [0, 0.1) is 11.8 Å². The first-order valence-corrected chi connectivity index (χ1v) is 6.45. The zero-order valence-corrected chi connectivity index (χ0v) is 11.6. The van der Waals surface area contributed by atoms with Crippen molar-refractivity contribution in [3.63, 3.8) is 0 Å². The van der Waals surface area contributed by atoms with Crippen LogP contribution in [0.25, 0.3) is 0 Å². The first-order chi connectivity index (χ1) is 8.50. The van der Waals surface area contributed by atoms with Crippen molar-refractivity contribution in [1.82, 2.24) is 0 Å². The molecule has 2 rings (SSSR count). The van der Waals surface area contributed by atoms with Gasteiger partial charge in [0.25, 0.3) is 0 Å². The molecule has 1 aliphatic rings. The summed E-state index contributed by atoms with van der Waals surface area (Å²) in [5.41, 5.74) is 0.242. The van der Waals surface area contributed by atoms with E-state index >= 15 is 0 Å². The van der Waals surface area contributed by atoms with Gasteiger partial charge >= 0.3 is 0 Å². The Hall–Kier alpha value is -1.22. The van der Waals surface area contributed by atoms with Crippen molar-refractivity contribution < 1.29 is 14.6 Å². The van der Waals surface area contributed by atoms with Crippen molar-refractivity contribution in [2.45, 2.75) is 32.3 Å². The molecule has 0 atom stereocenters. The van der Waals surface area contributed by atoms with Crippen LogP contribution in [0.4, 0.5) is 0 Å². The van der Waals surface area contributed by atoms with Gasteiger partial charge in [-0.1, -0.05) is 19.9 Å². The smallest absolute Gasteiger partial charge is 0.161 e. The second-order valence-electron chi connectivity index (χ2n) is 5.51. The van der Waals surface area contributed by atoms with Gasteiger partial charge in [-0.25, -0.2) is 0 Å². The predicted octanol–water partition coefficient (Wildman–Crippen LogP) is 2.96. The SMILES string of the molecule is COc1ccc(C2(O)CC(C(C)C)C2)cc1OC. The first kappa shape index (κ1) is 13.2. The minimum absolute atomic E-state index is 0.614. The van der Waals surface area contributed by atoms with Crippen molar-refractivity contribution in [2.75, 3.05) is 14.2 Å². The third-order valence-corrected chi connectivity index (χ3v) is 4.06. The molecule has 0 unspecified atom stereocenters. The zero-order chi connectivity index (χ0) is 13.3. The highest BCUT2D eigenvalue weighted by Gasteiger charge is 2.45. The maximum atomic E-state index is 10.6. The Balaban J connectivity index is 2.20. The van der Waals surface area contributed by atoms with Crippen molar-refractivity contribution in [2.24, 2.45) is 11.8 Å². The number of benzene rings is 1. The molecule has 3 heteroatoms. The van der Waals surface area contributed by atoms with Gasteiger partial charge in [-0.3, -0.25) is 0 Å². The summed E-state index contributed by atoms with van der Waals surface area (Å²) in [6, 6.07) is 5.67. The fraction of sp³-hybridized carbons (Fsp3) is 0.600. The highest BCUT2D eigenvalue weighted by atomic mass is 16.5. The van der Waals surface area contributed by atoms with Gasteiger partial charge in [0.2, 0.25) is 0 Å². The Morgan fingerprint density at radius 1 is 1.17 bits per heavy atom. The van der Waals surface area contributed by atoms with E-state index in [1.54, 1.807) is 14.2 Å². The molecule has 1 aromatic rings. The van der Waals surface area contributed by atoms with Crippen molar-refractivity contribution in [1.29, 1.82) is 0 Å². The molecule has 1 aromatic carbocycles. The van der Waals surface area contributed by atoms with Crippen LogP contribution in [0.3, 0.4) is 0 Å². The molecule has 0 aromatic heterocycles. The van der Waals surface area contributed by atoms with Crippen LogP contribution in [0.15, 0.2) is 18.2 Å². The molecule has 1 aliphatic carbocycles. The zero-order valence-electron chi connectivity index (χ0n) is 11.6. The van der Waals surface area contributed by atoms with E-state index in [2.05, 4.69) is 13.8 Å². The van der Waals surface area contributed by atoms with E-state index in [4.69, 9.17) is 9.47 Å². The maximum absolute atomic E-state index is 10.6. The van der Waals surface area contributed by atoms with Gasteiger partial charge in [-0.2, -0.15) is 0 Å². The minimum atomic E-state index is -0.686. The molecule has 18 heavy (non-hydrogen) atoms. The molecule has 3 nitrogen and oxygen atoms in total. The molecule has 0 radical (unpaired) electrons. The summed E-state index contributed by atoms with van der Waals surface area (Å²) in [5.74, 6) is 2.62. The van der Waals surface area contributed by atoms with Crippen molar-refractivity contribution in [3.8, 4) is 11.5 Å². The number of hydrogen-bond donors (Lipinski definition) is 1. The normalized spacial score (nSPS) is 26.9. The van der Waals surface area contributed by atoms with E-state index in [-0.39, 0.29) is 0 Å². The molecule has 0 spiro atoms. The van der Waals surface area contributed by atoms with Gasteiger partial charge in [-0.05, 0) is 42.4 Å². The lowest BCUT2D eigenvalue weighted by molar-refractivity contribution is -0.0934. The Kier molecular flexibility index (Phi) is 3.53. The monoisotopic (exact) mass is 250 g/mol. The van der Waals surface area contributed by atoms with E-state index in [1.807, 2.05) is 18.2 Å². The van der Waals surface area contributed by atoms with Crippen LogP contribution < -0.4 is 9.47 Å². The number of methoxy groups -OCH3 is 2.